The van der Waals surface area contributed by atoms with E-state index in [9.17, 15) is 9.59 Å². The molecule has 0 bridgehead atoms. The molecule has 0 aromatic heterocycles. The number of hydrogen-bond donors (Lipinski definition) is 0. The first-order valence-corrected chi connectivity index (χ1v) is 9.70. The highest BCUT2D eigenvalue weighted by molar-refractivity contribution is 6.01. The van der Waals surface area contributed by atoms with Gasteiger partial charge in [0, 0.05) is 17.9 Å². The Kier molecular flexibility index (Phi) is 8.13. The van der Waals surface area contributed by atoms with Gasteiger partial charge in [0.1, 0.15) is 0 Å². The number of carbonyl (C=O) groups is 2. The van der Waals surface area contributed by atoms with E-state index in [2.05, 4.69) is 17.9 Å². The number of esters is 2. The standard InChI is InChI=1S/C23H28O4/c1-3-26-21(24)23(22(25)27-4-2,20-16-10-5-6-11-17-20)18-12-15-19-13-8-7-9-14-19/h7-10,13-14,16,20H,3-6,11,17-18H2,1-2H3. The molecule has 0 saturated heterocycles. The monoisotopic (exact) mass is 368 g/mol. The predicted octanol–water partition coefficient (Wildman–Crippen LogP) is 4.29. The average molecular weight is 368 g/mol. The Morgan fingerprint density at radius 2 is 1.74 bits per heavy atom. The number of hydrogen-bond acceptors (Lipinski definition) is 4. The van der Waals surface area contributed by atoms with E-state index in [0.717, 1.165) is 31.2 Å². The van der Waals surface area contributed by atoms with Gasteiger partial charge in [-0.2, -0.15) is 0 Å². The summed E-state index contributed by atoms with van der Waals surface area (Å²) in [6.45, 7) is 3.91. The largest absolute Gasteiger partial charge is 0.465 e. The maximum atomic E-state index is 13.0. The van der Waals surface area contributed by atoms with Crippen LogP contribution in [0.1, 0.15) is 51.5 Å². The van der Waals surface area contributed by atoms with Crippen molar-refractivity contribution in [2.24, 2.45) is 11.3 Å². The van der Waals surface area contributed by atoms with Gasteiger partial charge in [0.2, 0.25) is 0 Å². The molecule has 4 heteroatoms. The van der Waals surface area contributed by atoms with E-state index in [1.54, 1.807) is 13.8 Å². The minimum atomic E-state index is -1.42. The highest BCUT2D eigenvalue weighted by Gasteiger charge is 2.53. The molecule has 144 valence electrons. The van der Waals surface area contributed by atoms with Gasteiger partial charge in [0.15, 0.2) is 5.41 Å². The van der Waals surface area contributed by atoms with Crippen molar-refractivity contribution >= 4 is 11.9 Å². The van der Waals surface area contributed by atoms with Crippen LogP contribution >= 0.6 is 0 Å². The highest BCUT2D eigenvalue weighted by atomic mass is 16.6. The van der Waals surface area contributed by atoms with Crippen LogP contribution in [-0.2, 0) is 19.1 Å². The van der Waals surface area contributed by atoms with Crippen molar-refractivity contribution in [3.8, 4) is 11.8 Å². The van der Waals surface area contributed by atoms with E-state index in [1.807, 2.05) is 36.4 Å². The number of ether oxygens (including phenoxy) is 2. The van der Waals surface area contributed by atoms with Crippen LogP contribution in [0.15, 0.2) is 42.5 Å². The molecule has 1 aromatic rings. The average Bonchev–Trinajstić information content (AvgIpc) is 2.96. The molecule has 0 radical (unpaired) electrons. The molecule has 0 heterocycles. The van der Waals surface area contributed by atoms with Gasteiger partial charge in [-0.3, -0.25) is 9.59 Å². The van der Waals surface area contributed by atoms with E-state index in [0.29, 0.717) is 0 Å². The second-order valence-corrected chi connectivity index (χ2v) is 6.58. The van der Waals surface area contributed by atoms with E-state index in [-0.39, 0.29) is 25.6 Å². The van der Waals surface area contributed by atoms with E-state index in [4.69, 9.17) is 9.47 Å². The molecule has 1 aromatic carbocycles. The lowest BCUT2D eigenvalue weighted by Crippen LogP contribution is -2.47. The van der Waals surface area contributed by atoms with Crippen LogP contribution in [0.3, 0.4) is 0 Å². The third kappa shape index (κ3) is 5.23. The van der Waals surface area contributed by atoms with Crippen molar-refractivity contribution in [2.45, 2.75) is 46.0 Å². The molecule has 0 spiro atoms. The minimum Gasteiger partial charge on any atom is -0.465 e. The van der Waals surface area contributed by atoms with Crippen LogP contribution in [0, 0.1) is 23.2 Å². The first kappa shape index (κ1) is 20.8. The van der Waals surface area contributed by atoms with Crippen molar-refractivity contribution in [3.63, 3.8) is 0 Å². The normalized spacial score (nSPS) is 16.6. The summed E-state index contributed by atoms with van der Waals surface area (Å²) in [5, 5.41) is 0. The van der Waals surface area contributed by atoms with Crippen molar-refractivity contribution in [1.82, 2.24) is 0 Å². The summed E-state index contributed by atoms with van der Waals surface area (Å²) in [4.78, 5) is 26.0. The van der Waals surface area contributed by atoms with E-state index < -0.39 is 17.4 Å². The van der Waals surface area contributed by atoms with Gasteiger partial charge in [-0.1, -0.05) is 48.6 Å². The molecule has 1 aliphatic carbocycles. The predicted molar refractivity (Wildman–Crippen MR) is 105 cm³/mol. The van der Waals surface area contributed by atoms with Gasteiger partial charge in [-0.15, -0.1) is 0 Å². The Balaban J connectivity index is 2.43. The molecule has 27 heavy (non-hydrogen) atoms. The summed E-state index contributed by atoms with van der Waals surface area (Å²) in [6, 6.07) is 9.52. The third-order valence-corrected chi connectivity index (χ3v) is 4.79. The molecule has 1 atom stereocenters. The van der Waals surface area contributed by atoms with Crippen LogP contribution < -0.4 is 0 Å². The Labute approximate surface area is 161 Å². The summed E-state index contributed by atoms with van der Waals surface area (Å²) >= 11 is 0. The second-order valence-electron chi connectivity index (χ2n) is 6.58. The number of allylic oxidation sites excluding steroid dienone is 2. The van der Waals surface area contributed by atoms with Crippen LogP contribution in [0.25, 0.3) is 0 Å². The first-order chi connectivity index (χ1) is 13.1. The molecule has 0 amide bonds. The van der Waals surface area contributed by atoms with Crippen LogP contribution in [0.2, 0.25) is 0 Å². The summed E-state index contributed by atoms with van der Waals surface area (Å²) in [7, 11) is 0. The fraction of sp³-hybridized carbons (Fsp3) is 0.478. The lowest BCUT2D eigenvalue weighted by atomic mass is 9.70. The summed E-state index contributed by atoms with van der Waals surface area (Å²) in [5.41, 5.74) is -0.579. The molecule has 0 saturated carbocycles. The molecule has 0 aliphatic heterocycles. The lowest BCUT2D eigenvalue weighted by Gasteiger charge is -2.33. The quantitative estimate of drug-likeness (QED) is 0.325. The van der Waals surface area contributed by atoms with E-state index >= 15 is 0 Å². The maximum Gasteiger partial charge on any atom is 0.325 e. The Morgan fingerprint density at radius 3 is 2.37 bits per heavy atom. The first-order valence-electron chi connectivity index (χ1n) is 9.70. The van der Waals surface area contributed by atoms with E-state index in [1.165, 1.54) is 0 Å². The van der Waals surface area contributed by atoms with Gasteiger partial charge in [0.05, 0.1) is 13.2 Å². The SMILES string of the molecule is CCOC(=O)C(CC#Cc1ccccc1)(C(=O)OCC)C1C=CCCCC1. The van der Waals surface area contributed by atoms with Crippen molar-refractivity contribution in [3.05, 3.63) is 48.0 Å². The van der Waals surface area contributed by atoms with Crippen molar-refractivity contribution in [1.29, 1.82) is 0 Å². The fourth-order valence-electron chi connectivity index (χ4n) is 3.38. The number of rotatable bonds is 6. The molecular weight excluding hydrogens is 340 g/mol. The summed E-state index contributed by atoms with van der Waals surface area (Å²) in [5.74, 6) is 4.76. The lowest BCUT2D eigenvalue weighted by molar-refractivity contribution is -0.175. The summed E-state index contributed by atoms with van der Waals surface area (Å²) in [6.07, 6.45) is 7.79. The molecule has 1 unspecified atom stereocenters. The molecule has 0 fully saturated rings. The number of benzene rings is 1. The molecule has 2 rings (SSSR count). The van der Waals surface area contributed by atoms with Gasteiger partial charge < -0.3 is 9.47 Å². The van der Waals surface area contributed by atoms with Gasteiger partial charge in [0.25, 0.3) is 0 Å². The zero-order chi connectivity index (χ0) is 19.5. The Morgan fingerprint density at radius 1 is 1.07 bits per heavy atom. The molecular formula is C23H28O4. The minimum absolute atomic E-state index is 0.0779. The van der Waals surface area contributed by atoms with Crippen LogP contribution in [-0.4, -0.2) is 25.2 Å². The van der Waals surface area contributed by atoms with Gasteiger partial charge >= 0.3 is 11.9 Å². The van der Waals surface area contributed by atoms with Gasteiger partial charge in [-0.05, 0) is 45.2 Å². The number of carbonyl (C=O) groups excluding carboxylic acids is 2. The Hall–Kier alpha value is -2.54. The molecule has 1 aliphatic rings. The maximum absolute atomic E-state index is 13.0. The van der Waals surface area contributed by atoms with Crippen molar-refractivity contribution < 1.29 is 19.1 Å². The molecule has 4 nitrogen and oxygen atoms in total. The summed E-state index contributed by atoms with van der Waals surface area (Å²) < 4.78 is 10.7. The third-order valence-electron chi connectivity index (χ3n) is 4.79. The fourth-order valence-corrected chi connectivity index (χ4v) is 3.38. The van der Waals surface area contributed by atoms with Crippen molar-refractivity contribution in [2.75, 3.05) is 13.2 Å². The zero-order valence-electron chi connectivity index (χ0n) is 16.2. The van der Waals surface area contributed by atoms with Crippen LogP contribution in [0.5, 0.6) is 0 Å². The smallest absolute Gasteiger partial charge is 0.325 e. The highest BCUT2D eigenvalue weighted by Crippen LogP contribution is 2.40. The topological polar surface area (TPSA) is 52.6 Å². The van der Waals surface area contributed by atoms with Gasteiger partial charge in [-0.25, -0.2) is 0 Å². The Bertz CT molecular complexity index is 691. The van der Waals surface area contributed by atoms with Crippen LogP contribution in [0.4, 0.5) is 0 Å². The molecule has 0 N–H and O–H groups in total. The zero-order valence-corrected chi connectivity index (χ0v) is 16.2. The second kappa shape index (κ2) is 10.6.